The fourth-order valence-electron chi connectivity index (χ4n) is 1.78. The maximum atomic E-state index is 12.6. The van der Waals surface area contributed by atoms with E-state index < -0.39 is 17.8 Å². The molecule has 2 nitrogen and oxygen atoms in total. The number of nitrogens with two attached hydrogens (primary N) is 1. The Kier molecular flexibility index (Phi) is 5.44. The summed E-state index contributed by atoms with van der Waals surface area (Å²) in [6.07, 6.45) is -4.39. The van der Waals surface area contributed by atoms with E-state index in [1.54, 1.807) is 0 Å². The molecule has 2 N–H and O–H groups in total. The van der Waals surface area contributed by atoms with Crippen molar-refractivity contribution in [1.82, 2.24) is 0 Å². The van der Waals surface area contributed by atoms with Gasteiger partial charge >= 0.3 is 6.18 Å². The molecule has 20 heavy (non-hydrogen) atoms. The zero-order valence-electron chi connectivity index (χ0n) is 10.5. The molecule has 1 atom stereocenters. The van der Waals surface area contributed by atoms with Crippen molar-refractivity contribution >= 4 is 23.7 Å². The Balaban J connectivity index is 0.00000200. The van der Waals surface area contributed by atoms with Gasteiger partial charge in [-0.25, -0.2) is 0 Å². The lowest BCUT2D eigenvalue weighted by Gasteiger charge is -2.17. The first-order valence-corrected chi connectivity index (χ1v) is 6.40. The summed E-state index contributed by atoms with van der Waals surface area (Å²) < 4.78 is 42.9. The zero-order valence-corrected chi connectivity index (χ0v) is 12.1. The molecule has 0 aliphatic carbocycles. The highest BCUT2D eigenvalue weighted by Crippen LogP contribution is 2.36. The Morgan fingerprint density at radius 1 is 1.25 bits per heavy atom. The molecule has 0 spiro atoms. The van der Waals surface area contributed by atoms with Crippen molar-refractivity contribution in [3.05, 3.63) is 51.7 Å². The molecule has 0 saturated heterocycles. The molecule has 2 rings (SSSR count). The lowest BCUT2D eigenvalue weighted by molar-refractivity contribution is -0.137. The largest absolute Gasteiger partial charge is 0.496 e. The molecule has 2 aromatic rings. The Bertz CT molecular complexity index is 557. The second kappa shape index (κ2) is 6.47. The van der Waals surface area contributed by atoms with Gasteiger partial charge in [0.1, 0.15) is 5.75 Å². The summed E-state index contributed by atoms with van der Waals surface area (Å²) in [5.74, 6) is 0.147. The number of alkyl halides is 3. The van der Waals surface area contributed by atoms with E-state index >= 15 is 0 Å². The third kappa shape index (κ3) is 3.45. The van der Waals surface area contributed by atoms with E-state index in [0.717, 1.165) is 17.7 Å². The summed E-state index contributed by atoms with van der Waals surface area (Å²) in [7, 11) is 1.33. The highest BCUT2D eigenvalue weighted by Gasteiger charge is 2.31. The van der Waals surface area contributed by atoms with Crippen LogP contribution in [0.3, 0.4) is 0 Å². The standard InChI is InChI=1S/C13H12F3NOS.ClH/c1-18-11-6-9(13(14,15)16)2-3-10(11)12(17)8-4-5-19-7-8;/h2-7,12H,17H2,1H3;1H/t12-;/m1./s1. The van der Waals surface area contributed by atoms with Crippen LogP contribution in [0.2, 0.25) is 0 Å². The van der Waals surface area contributed by atoms with Gasteiger partial charge in [0.25, 0.3) is 0 Å². The smallest absolute Gasteiger partial charge is 0.416 e. The van der Waals surface area contributed by atoms with Crippen LogP contribution < -0.4 is 10.5 Å². The van der Waals surface area contributed by atoms with Crippen LogP contribution >= 0.6 is 23.7 Å². The minimum Gasteiger partial charge on any atom is -0.496 e. The summed E-state index contributed by atoms with van der Waals surface area (Å²) >= 11 is 1.48. The molecule has 0 aliphatic heterocycles. The summed E-state index contributed by atoms with van der Waals surface area (Å²) in [5, 5.41) is 3.73. The molecule has 0 fully saturated rings. The molecule has 0 saturated carbocycles. The van der Waals surface area contributed by atoms with E-state index in [-0.39, 0.29) is 18.2 Å². The number of thiophene rings is 1. The average Bonchev–Trinajstić information content (AvgIpc) is 2.90. The minimum atomic E-state index is -4.39. The molecule has 7 heteroatoms. The maximum Gasteiger partial charge on any atom is 0.416 e. The van der Waals surface area contributed by atoms with Crippen molar-refractivity contribution in [2.75, 3.05) is 7.11 Å². The molecule has 0 bridgehead atoms. The zero-order chi connectivity index (χ0) is 14.0. The van der Waals surface area contributed by atoms with Gasteiger partial charge in [0.2, 0.25) is 0 Å². The summed E-state index contributed by atoms with van der Waals surface area (Å²) in [6, 6.07) is 4.70. The molecule has 0 amide bonds. The van der Waals surface area contributed by atoms with Crippen molar-refractivity contribution < 1.29 is 17.9 Å². The summed E-state index contributed by atoms with van der Waals surface area (Å²) in [4.78, 5) is 0. The van der Waals surface area contributed by atoms with Gasteiger partial charge in [0.15, 0.2) is 0 Å². The van der Waals surface area contributed by atoms with Gasteiger partial charge in [-0.1, -0.05) is 6.07 Å². The number of benzene rings is 1. The molecule has 0 unspecified atom stereocenters. The minimum absolute atomic E-state index is 0. The predicted octanol–water partition coefficient (Wildman–Crippen LogP) is 4.25. The average molecular weight is 324 g/mol. The van der Waals surface area contributed by atoms with Gasteiger partial charge in [0, 0.05) is 5.56 Å². The number of rotatable bonds is 3. The molecular formula is C13H13ClF3NOS. The molecule has 0 aliphatic rings. The van der Waals surface area contributed by atoms with Crippen molar-refractivity contribution in [3.63, 3.8) is 0 Å². The Morgan fingerprint density at radius 2 is 1.95 bits per heavy atom. The van der Waals surface area contributed by atoms with Gasteiger partial charge < -0.3 is 10.5 Å². The lowest BCUT2D eigenvalue weighted by Crippen LogP contribution is -2.13. The van der Waals surface area contributed by atoms with E-state index in [1.807, 2.05) is 16.8 Å². The van der Waals surface area contributed by atoms with Gasteiger partial charge in [0.05, 0.1) is 18.7 Å². The first kappa shape index (κ1) is 16.8. The van der Waals surface area contributed by atoms with Crippen LogP contribution in [-0.4, -0.2) is 7.11 Å². The second-order valence-electron chi connectivity index (χ2n) is 3.99. The number of hydrogen-bond donors (Lipinski definition) is 1. The van der Waals surface area contributed by atoms with Crippen LogP contribution in [0.5, 0.6) is 5.75 Å². The highest BCUT2D eigenvalue weighted by molar-refractivity contribution is 7.08. The van der Waals surface area contributed by atoms with Crippen LogP contribution in [0, 0.1) is 0 Å². The molecule has 1 aromatic carbocycles. The predicted molar refractivity (Wildman–Crippen MR) is 75.6 cm³/mol. The topological polar surface area (TPSA) is 35.2 Å². The molecule has 110 valence electrons. The van der Waals surface area contributed by atoms with Crippen molar-refractivity contribution in [3.8, 4) is 5.75 Å². The number of halogens is 4. The SMILES string of the molecule is COc1cc(C(F)(F)F)ccc1[C@H](N)c1ccsc1.Cl. The normalized spacial score (nSPS) is 12.7. The highest BCUT2D eigenvalue weighted by atomic mass is 35.5. The summed E-state index contributed by atoms with van der Waals surface area (Å²) in [6.45, 7) is 0. The Labute approximate surface area is 124 Å². The van der Waals surface area contributed by atoms with E-state index in [4.69, 9.17) is 10.5 Å². The molecule has 1 aromatic heterocycles. The third-order valence-corrected chi connectivity index (χ3v) is 3.50. The lowest BCUT2D eigenvalue weighted by atomic mass is 9.99. The second-order valence-corrected chi connectivity index (χ2v) is 4.77. The first-order valence-electron chi connectivity index (χ1n) is 5.46. The Morgan fingerprint density at radius 3 is 2.45 bits per heavy atom. The first-order chi connectivity index (χ1) is 8.93. The number of ether oxygens (including phenoxy) is 1. The van der Waals surface area contributed by atoms with Gasteiger partial charge in [-0.3, -0.25) is 0 Å². The summed E-state index contributed by atoms with van der Waals surface area (Å²) in [5.41, 5.74) is 6.68. The fourth-order valence-corrected chi connectivity index (χ4v) is 2.47. The van der Waals surface area contributed by atoms with Gasteiger partial charge in [-0.15, -0.1) is 12.4 Å². The van der Waals surface area contributed by atoms with Crippen molar-refractivity contribution in [2.45, 2.75) is 12.2 Å². The van der Waals surface area contributed by atoms with E-state index in [1.165, 1.54) is 24.5 Å². The van der Waals surface area contributed by atoms with Crippen molar-refractivity contribution in [1.29, 1.82) is 0 Å². The van der Waals surface area contributed by atoms with E-state index in [9.17, 15) is 13.2 Å². The van der Waals surface area contributed by atoms with Crippen molar-refractivity contribution in [2.24, 2.45) is 5.73 Å². The quantitative estimate of drug-likeness (QED) is 0.916. The Hall–Kier alpha value is -1.24. The number of hydrogen-bond acceptors (Lipinski definition) is 3. The van der Waals surface area contributed by atoms with Gasteiger partial charge in [-0.2, -0.15) is 24.5 Å². The maximum absolute atomic E-state index is 12.6. The van der Waals surface area contributed by atoms with Gasteiger partial charge in [-0.05, 0) is 34.5 Å². The van der Waals surface area contributed by atoms with Crippen LogP contribution in [0.1, 0.15) is 22.7 Å². The number of methoxy groups -OCH3 is 1. The van der Waals surface area contributed by atoms with Crippen LogP contribution in [-0.2, 0) is 6.18 Å². The van der Waals surface area contributed by atoms with Crippen LogP contribution in [0.25, 0.3) is 0 Å². The van der Waals surface area contributed by atoms with Crippen LogP contribution in [0.15, 0.2) is 35.0 Å². The van der Waals surface area contributed by atoms with E-state index in [2.05, 4.69) is 0 Å². The van der Waals surface area contributed by atoms with E-state index in [0.29, 0.717) is 5.56 Å². The van der Waals surface area contributed by atoms with Crippen LogP contribution in [0.4, 0.5) is 13.2 Å². The molecule has 1 heterocycles. The molecule has 0 radical (unpaired) electrons. The monoisotopic (exact) mass is 323 g/mol. The molecular weight excluding hydrogens is 311 g/mol. The third-order valence-electron chi connectivity index (χ3n) is 2.80. The fraction of sp³-hybridized carbons (Fsp3) is 0.231.